The Labute approximate surface area is 216 Å². The number of amides is 2. The molecule has 4 aromatic rings. The highest BCUT2D eigenvalue weighted by molar-refractivity contribution is 6.10. The van der Waals surface area contributed by atoms with Gasteiger partial charge in [0.15, 0.2) is 0 Å². The number of anilines is 1. The average Bonchev–Trinajstić information content (AvgIpc) is 2.92. The van der Waals surface area contributed by atoms with Gasteiger partial charge in [0.2, 0.25) is 5.91 Å². The van der Waals surface area contributed by atoms with E-state index in [2.05, 4.69) is 0 Å². The molecular weight excluding hydrogens is 464 g/mol. The molecule has 0 aliphatic carbocycles. The first-order valence-electron chi connectivity index (χ1n) is 12.1. The van der Waals surface area contributed by atoms with Crippen LogP contribution in [-0.4, -0.2) is 28.9 Å². The van der Waals surface area contributed by atoms with Gasteiger partial charge in [0.05, 0.1) is 0 Å². The molecule has 4 aromatic carbocycles. The van der Waals surface area contributed by atoms with E-state index in [1.165, 1.54) is 4.90 Å². The number of para-hydroxylation sites is 1. The van der Waals surface area contributed by atoms with Gasteiger partial charge in [-0.2, -0.15) is 0 Å². The fraction of sp³-hybridized carbons (Fsp3) is 0.129. The van der Waals surface area contributed by atoms with Crippen LogP contribution in [0.2, 0.25) is 0 Å². The minimum absolute atomic E-state index is 0.0990. The summed E-state index contributed by atoms with van der Waals surface area (Å²) in [5.74, 6) is -2.25. The second kappa shape index (κ2) is 11.8. The van der Waals surface area contributed by atoms with E-state index in [1.807, 2.05) is 84.9 Å². The molecule has 6 heteroatoms. The molecule has 186 valence electrons. The maximum absolute atomic E-state index is 14.0. The molecule has 0 heterocycles. The molecule has 0 spiro atoms. The summed E-state index contributed by atoms with van der Waals surface area (Å²) in [5, 5.41) is 9.28. The number of carboxylic acid groups (broad SMARTS) is 1. The second-order valence-corrected chi connectivity index (χ2v) is 8.76. The van der Waals surface area contributed by atoms with Crippen molar-refractivity contribution in [2.45, 2.75) is 25.3 Å². The Bertz CT molecular complexity index is 1370. The molecule has 3 N–H and O–H groups in total. The number of nitrogens with zero attached hydrogens (tertiary/aromatic N) is 1. The number of carboxylic acids is 1. The van der Waals surface area contributed by atoms with Gasteiger partial charge in [0.1, 0.15) is 6.04 Å². The molecule has 0 fully saturated rings. The third-order valence-corrected chi connectivity index (χ3v) is 6.22. The number of carbonyl (C=O) groups excluding carboxylic acids is 2. The molecule has 1 atom stereocenters. The first-order chi connectivity index (χ1) is 17.9. The lowest BCUT2D eigenvalue weighted by Gasteiger charge is -2.31. The topological polar surface area (TPSA) is 101 Å². The third-order valence-electron chi connectivity index (χ3n) is 6.22. The predicted molar refractivity (Wildman–Crippen MR) is 144 cm³/mol. The van der Waals surface area contributed by atoms with Gasteiger partial charge in [-0.3, -0.25) is 19.3 Å². The van der Waals surface area contributed by atoms with E-state index in [-0.39, 0.29) is 12.8 Å². The normalized spacial score (nSPS) is 11.5. The average molecular weight is 493 g/mol. The maximum Gasteiger partial charge on any atom is 0.303 e. The Morgan fingerprint density at radius 2 is 1.30 bits per heavy atom. The van der Waals surface area contributed by atoms with E-state index in [0.717, 1.165) is 22.3 Å². The van der Waals surface area contributed by atoms with E-state index in [0.29, 0.717) is 17.7 Å². The van der Waals surface area contributed by atoms with Crippen molar-refractivity contribution >= 4 is 23.5 Å². The molecule has 0 aliphatic heterocycles. The Hall–Kier alpha value is -4.71. The molecular formula is C31H28N2O4. The van der Waals surface area contributed by atoms with E-state index in [1.54, 1.807) is 24.3 Å². The summed E-state index contributed by atoms with van der Waals surface area (Å²) < 4.78 is 0. The van der Waals surface area contributed by atoms with Gasteiger partial charge in [-0.05, 0) is 53.3 Å². The van der Waals surface area contributed by atoms with Crippen molar-refractivity contribution in [3.05, 3.63) is 126 Å². The molecule has 0 aliphatic rings. The van der Waals surface area contributed by atoms with Gasteiger partial charge < -0.3 is 10.8 Å². The number of aliphatic carboxylic acids is 1. The Kier molecular flexibility index (Phi) is 8.11. The summed E-state index contributed by atoms with van der Waals surface area (Å²) in [6.45, 7) is 0. The van der Waals surface area contributed by atoms with E-state index < -0.39 is 23.8 Å². The Balaban J connectivity index is 1.76. The van der Waals surface area contributed by atoms with Crippen LogP contribution in [0.5, 0.6) is 0 Å². The molecule has 0 bridgehead atoms. The van der Waals surface area contributed by atoms with Crippen LogP contribution < -0.4 is 10.6 Å². The van der Waals surface area contributed by atoms with E-state index >= 15 is 0 Å². The standard InChI is InChI=1S/C31H28N2O4/c32-30(36)28(19-20-29(34)35)33(27-14-8-7-13-26(27)21-22-9-3-1-4-10-22)31(37)25-17-15-24(16-18-25)23-11-5-2-6-12-23/h1-18,28H,19-21H2,(H2,32,36)(H,34,35)/t28-/m0/s1. The molecule has 4 rings (SSSR count). The minimum atomic E-state index is -1.13. The number of hydrogen-bond donors (Lipinski definition) is 2. The lowest BCUT2D eigenvalue weighted by atomic mass is 9.98. The van der Waals surface area contributed by atoms with Gasteiger partial charge >= 0.3 is 5.97 Å². The van der Waals surface area contributed by atoms with Gasteiger partial charge in [0.25, 0.3) is 5.91 Å². The summed E-state index contributed by atoms with van der Waals surface area (Å²) in [4.78, 5) is 39.3. The van der Waals surface area contributed by atoms with Crippen molar-refractivity contribution in [3.8, 4) is 11.1 Å². The lowest BCUT2D eigenvalue weighted by Crippen LogP contribution is -2.49. The Morgan fingerprint density at radius 1 is 0.730 bits per heavy atom. The second-order valence-electron chi connectivity index (χ2n) is 8.76. The lowest BCUT2D eigenvalue weighted by molar-refractivity contribution is -0.137. The van der Waals surface area contributed by atoms with Crippen molar-refractivity contribution in [1.29, 1.82) is 0 Å². The summed E-state index contributed by atoms with van der Waals surface area (Å²) in [6, 6.07) is 32.9. The fourth-order valence-corrected chi connectivity index (χ4v) is 4.36. The van der Waals surface area contributed by atoms with Crippen molar-refractivity contribution in [1.82, 2.24) is 0 Å². The third kappa shape index (κ3) is 6.30. The summed E-state index contributed by atoms with van der Waals surface area (Å²) in [6.07, 6.45) is 0.126. The zero-order chi connectivity index (χ0) is 26.2. The van der Waals surface area contributed by atoms with Crippen molar-refractivity contribution < 1.29 is 19.5 Å². The number of carbonyl (C=O) groups is 3. The maximum atomic E-state index is 14.0. The molecule has 6 nitrogen and oxygen atoms in total. The zero-order valence-electron chi connectivity index (χ0n) is 20.3. The first-order valence-corrected chi connectivity index (χ1v) is 12.1. The van der Waals surface area contributed by atoms with Crippen molar-refractivity contribution in [3.63, 3.8) is 0 Å². The Morgan fingerprint density at radius 3 is 1.92 bits per heavy atom. The van der Waals surface area contributed by atoms with E-state index in [9.17, 15) is 19.5 Å². The highest BCUT2D eigenvalue weighted by Crippen LogP contribution is 2.29. The van der Waals surface area contributed by atoms with Gasteiger partial charge in [-0.15, -0.1) is 0 Å². The van der Waals surface area contributed by atoms with E-state index in [4.69, 9.17) is 5.73 Å². The quantitative estimate of drug-likeness (QED) is 0.313. The largest absolute Gasteiger partial charge is 0.481 e. The molecule has 0 saturated heterocycles. The molecule has 0 radical (unpaired) electrons. The van der Waals surface area contributed by atoms with Gasteiger partial charge in [-0.25, -0.2) is 0 Å². The van der Waals surface area contributed by atoms with Crippen LogP contribution in [0.4, 0.5) is 5.69 Å². The number of nitrogens with two attached hydrogens (primary N) is 1. The highest BCUT2D eigenvalue weighted by atomic mass is 16.4. The molecule has 0 unspecified atom stereocenters. The zero-order valence-corrected chi connectivity index (χ0v) is 20.3. The SMILES string of the molecule is NC(=O)[C@H](CCC(=O)O)N(C(=O)c1ccc(-c2ccccc2)cc1)c1ccccc1Cc1ccccc1. The van der Waals surface area contributed by atoms with Gasteiger partial charge in [0, 0.05) is 17.7 Å². The number of benzene rings is 4. The summed E-state index contributed by atoms with van der Waals surface area (Å²) in [7, 11) is 0. The van der Waals surface area contributed by atoms with Crippen LogP contribution in [0.25, 0.3) is 11.1 Å². The van der Waals surface area contributed by atoms with Crippen LogP contribution in [0.15, 0.2) is 109 Å². The van der Waals surface area contributed by atoms with Gasteiger partial charge in [-0.1, -0.05) is 91.0 Å². The highest BCUT2D eigenvalue weighted by Gasteiger charge is 2.32. The van der Waals surface area contributed by atoms with Crippen LogP contribution >= 0.6 is 0 Å². The molecule has 0 aromatic heterocycles. The summed E-state index contributed by atoms with van der Waals surface area (Å²) in [5.41, 5.74) is 10.5. The number of primary amides is 1. The number of hydrogen-bond acceptors (Lipinski definition) is 3. The molecule has 37 heavy (non-hydrogen) atoms. The minimum Gasteiger partial charge on any atom is -0.481 e. The predicted octanol–water partition coefficient (Wildman–Crippen LogP) is 5.31. The molecule has 2 amide bonds. The number of rotatable bonds is 10. The van der Waals surface area contributed by atoms with Crippen molar-refractivity contribution in [2.75, 3.05) is 4.90 Å². The monoisotopic (exact) mass is 492 g/mol. The van der Waals surface area contributed by atoms with Crippen LogP contribution in [0.1, 0.15) is 34.3 Å². The first kappa shape index (κ1) is 25.4. The fourth-order valence-electron chi connectivity index (χ4n) is 4.36. The van der Waals surface area contributed by atoms with Crippen molar-refractivity contribution in [2.24, 2.45) is 5.73 Å². The molecule has 0 saturated carbocycles. The van der Waals surface area contributed by atoms with Crippen LogP contribution in [0.3, 0.4) is 0 Å². The summed E-state index contributed by atoms with van der Waals surface area (Å²) >= 11 is 0. The van der Waals surface area contributed by atoms with Crippen LogP contribution in [-0.2, 0) is 16.0 Å². The smallest absolute Gasteiger partial charge is 0.303 e. The van der Waals surface area contributed by atoms with Crippen LogP contribution in [0, 0.1) is 0 Å².